The number of esters is 1. The van der Waals surface area contributed by atoms with Gasteiger partial charge in [0, 0.05) is 4.47 Å². The van der Waals surface area contributed by atoms with Crippen molar-refractivity contribution >= 4 is 21.9 Å². The molecule has 4 nitrogen and oxygen atoms in total. The van der Waals surface area contributed by atoms with Gasteiger partial charge >= 0.3 is 5.97 Å². The van der Waals surface area contributed by atoms with E-state index in [1.54, 1.807) is 6.92 Å². The zero-order chi connectivity index (χ0) is 13.8. The maximum Gasteiger partial charge on any atom is 0.376 e. The lowest BCUT2D eigenvalue weighted by Crippen LogP contribution is -2.05. The summed E-state index contributed by atoms with van der Waals surface area (Å²) in [6.45, 7) is 3.99. The molecule has 100 valence electrons. The molecule has 0 radical (unpaired) electrons. The second-order valence-corrected chi connectivity index (χ2v) is 4.70. The number of halogens is 1. The van der Waals surface area contributed by atoms with Crippen LogP contribution in [0.25, 0.3) is 11.5 Å². The van der Waals surface area contributed by atoms with Crippen molar-refractivity contribution in [1.82, 2.24) is 4.98 Å². The number of oxazole rings is 1. The zero-order valence-corrected chi connectivity index (χ0v) is 12.4. The van der Waals surface area contributed by atoms with Gasteiger partial charge < -0.3 is 9.15 Å². The molecular formula is C14H14BrNO3. The van der Waals surface area contributed by atoms with Gasteiger partial charge in [-0.15, -0.1) is 0 Å². The van der Waals surface area contributed by atoms with E-state index in [9.17, 15) is 4.79 Å². The zero-order valence-electron chi connectivity index (χ0n) is 10.8. The molecular weight excluding hydrogens is 310 g/mol. The summed E-state index contributed by atoms with van der Waals surface area (Å²) < 4.78 is 11.4. The third-order valence-corrected chi connectivity index (χ3v) is 3.29. The highest BCUT2D eigenvalue weighted by atomic mass is 79.9. The number of carbonyl (C=O) groups is 1. The number of hydrogen-bond donors (Lipinski definition) is 0. The van der Waals surface area contributed by atoms with E-state index >= 15 is 0 Å². The van der Waals surface area contributed by atoms with Crippen LogP contribution >= 0.6 is 15.9 Å². The SMILES string of the molecule is CCOC(=O)c1oc(-c2ccccc2Br)nc1CC. The van der Waals surface area contributed by atoms with Crippen molar-refractivity contribution in [3.05, 3.63) is 40.2 Å². The molecule has 0 bridgehead atoms. The number of aryl methyl sites for hydroxylation is 1. The van der Waals surface area contributed by atoms with Gasteiger partial charge in [-0.1, -0.05) is 19.1 Å². The number of aromatic nitrogens is 1. The predicted molar refractivity (Wildman–Crippen MR) is 75.0 cm³/mol. The van der Waals surface area contributed by atoms with Crippen molar-refractivity contribution in [2.75, 3.05) is 6.61 Å². The highest BCUT2D eigenvalue weighted by molar-refractivity contribution is 9.10. The molecule has 0 unspecified atom stereocenters. The Balaban J connectivity index is 2.44. The Kier molecular flexibility index (Phi) is 4.37. The molecule has 0 aliphatic carbocycles. The predicted octanol–water partition coefficient (Wildman–Crippen LogP) is 3.84. The minimum absolute atomic E-state index is 0.190. The van der Waals surface area contributed by atoms with Gasteiger partial charge in [-0.2, -0.15) is 0 Å². The maximum absolute atomic E-state index is 11.8. The fraction of sp³-hybridized carbons (Fsp3) is 0.286. The van der Waals surface area contributed by atoms with Crippen molar-refractivity contribution in [3.63, 3.8) is 0 Å². The van der Waals surface area contributed by atoms with Crippen LogP contribution in [0.4, 0.5) is 0 Å². The normalized spacial score (nSPS) is 10.5. The van der Waals surface area contributed by atoms with Gasteiger partial charge in [0.2, 0.25) is 11.7 Å². The third-order valence-electron chi connectivity index (χ3n) is 2.60. The van der Waals surface area contributed by atoms with Crippen LogP contribution in [0.2, 0.25) is 0 Å². The fourth-order valence-corrected chi connectivity index (χ4v) is 2.15. The molecule has 0 spiro atoms. The Bertz CT molecular complexity index is 592. The average Bonchev–Trinajstić information content (AvgIpc) is 2.83. The van der Waals surface area contributed by atoms with Crippen LogP contribution in [0.1, 0.15) is 30.1 Å². The highest BCUT2D eigenvalue weighted by Gasteiger charge is 2.21. The topological polar surface area (TPSA) is 52.3 Å². The van der Waals surface area contributed by atoms with Crippen LogP contribution in [-0.2, 0) is 11.2 Å². The van der Waals surface area contributed by atoms with Crippen LogP contribution in [0.5, 0.6) is 0 Å². The van der Waals surface area contributed by atoms with Crippen LogP contribution in [0, 0.1) is 0 Å². The molecule has 0 aliphatic rings. The summed E-state index contributed by atoms with van der Waals surface area (Å²) in [6.07, 6.45) is 0.613. The molecule has 0 saturated heterocycles. The molecule has 2 aromatic rings. The first-order chi connectivity index (χ1) is 9.17. The second kappa shape index (κ2) is 6.02. The highest BCUT2D eigenvalue weighted by Crippen LogP contribution is 2.29. The Labute approximate surface area is 119 Å². The number of rotatable bonds is 4. The van der Waals surface area contributed by atoms with E-state index in [2.05, 4.69) is 20.9 Å². The quantitative estimate of drug-likeness (QED) is 0.802. The van der Waals surface area contributed by atoms with Gasteiger partial charge in [-0.3, -0.25) is 0 Å². The minimum atomic E-state index is -0.467. The molecule has 1 aromatic heterocycles. The molecule has 1 heterocycles. The van der Waals surface area contributed by atoms with Gasteiger partial charge in [0.05, 0.1) is 17.9 Å². The molecule has 0 saturated carbocycles. The van der Waals surface area contributed by atoms with Crippen molar-refractivity contribution in [3.8, 4) is 11.5 Å². The molecule has 2 rings (SSSR count). The van der Waals surface area contributed by atoms with Crippen LogP contribution < -0.4 is 0 Å². The van der Waals surface area contributed by atoms with Crippen molar-refractivity contribution in [2.45, 2.75) is 20.3 Å². The molecule has 0 N–H and O–H groups in total. The summed E-state index contributed by atoms with van der Waals surface area (Å²) >= 11 is 3.44. The summed E-state index contributed by atoms with van der Waals surface area (Å²) in [7, 11) is 0. The number of benzene rings is 1. The monoisotopic (exact) mass is 323 g/mol. The number of ether oxygens (including phenoxy) is 1. The van der Waals surface area contributed by atoms with Gasteiger partial charge in [-0.05, 0) is 41.4 Å². The largest absolute Gasteiger partial charge is 0.460 e. The van der Waals surface area contributed by atoms with E-state index in [4.69, 9.17) is 9.15 Å². The summed E-state index contributed by atoms with van der Waals surface area (Å²) in [4.78, 5) is 16.2. The molecule has 1 aromatic carbocycles. The van der Waals surface area contributed by atoms with Crippen LogP contribution in [0.15, 0.2) is 33.2 Å². The van der Waals surface area contributed by atoms with Crippen LogP contribution in [-0.4, -0.2) is 17.6 Å². The smallest absolute Gasteiger partial charge is 0.376 e. The molecule has 0 fully saturated rings. The lowest BCUT2D eigenvalue weighted by atomic mass is 10.2. The van der Waals surface area contributed by atoms with E-state index in [0.29, 0.717) is 24.6 Å². The van der Waals surface area contributed by atoms with Gasteiger partial charge in [-0.25, -0.2) is 9.78 Å². The first kappa shape index (κ1) is 13.8. The van der Waals surface area contributed by atoms with Crippen molar-refractivity contribution in [1.29, 1.82) is 0 Å². The molecule has 19 heavy (non-hydrogen) atoms. The number of carbonyl (C=O) groups excluding carboxylic acids is 1. The lowest BCUT2D eigenvalue weighted by molar-refractivity contribution is 0.0489. The molecule has 0 amide bonds. The van der Waals surface area contributed by atoms with E-state index in [1.807, 2.05) is 31.2 Å². The first-order valence-electron chi connectivity index (χ1n) is 6.09. The van der Waals surface area contributed by atoms with Crippen molar-refractivity contribution in [2.24, 2.45) is 0 Å². The Morgan fingerprint density at radius 1 is 1.37 bits per heavy atom. The summed E-state index contributed by atoms with van der Waals surface area (Å²) in [5, 5.41) is 0. The van der Waals surface area contributed by atoms with Gasteiger partial charge in [0.15, 0.2) is 0 Å². The van der Waals surface area contributed by atoms with Crippen LogP contribution in [0.3, 0.4) is 0 Å². The maximum atomic E-state index is 11.8. The first-order valence-corrected chi connectivity index (χ1v) is 6.88. The Hall–Kier alpha value is -1.62. The number of hydrogen-bond acceptors (Lipinski definition) is 4. The summed E-state index contributed by atoms with van der Waals surface area (Å²) in [6, 6.07) is 7.57. The Morgan fingerprint density at radius 2 is 2.11 bits per heavy atom. The van der Waals surface area contributed by atoms with E-state index in [-0.39, 0.29) is 5.76 Å². The lowest BCUT2D eigenvalue weighted by Gasteiger charge is -1.99. The van der Waals surface area contributed by atoms with Gasteiger partial charge in [0.1, 0.15) is 0 Å². The number of nitrogens with zero attached hydrogens (tertiary/aromatic N) is 1. The molecule has 0 atom stereocenters. The standard InChI is InChI=1S/C14H14BrNO3/c1-3-11-12(14(17)18-4-2)19-13(16-11)9-7-5-6-8-10(9)15/h5-8H,3-4H2,1-2H3. The fourth-order valence-electron chi connectivity index (χ4n) is 1.70. The van der Waals surface area contributed by atoms with E-state index in [1.165, 1.54) is 0 Å². The van der Waals surface area contributed by atoms with Crippen molar-refractivity contribution < 1.29 is 13.9 Å². The minimum Gasteiger partial charge on any atom is -0.460 e. The third kappa shape index (κ3) is 2.87. The second-order valence-electron chi connectivity index (χ2n) is 3.85. The molecule has 5 heteroatoms. The molecule has 0 aliphatic heterocycles. The van der Waals surface area contributed by atoms with E-state index < -0.39 is 5.97 Å². The average molecular weight is 324 g/mol. The summed E-state index contributed by atoms with van der Waals surface area (Å²) in [5.74, 6) is 0.146. The Morgan fingerprint density at radius 3 is 2.74 bits per heavy atom. The summed E-state index contributed by atoms with van der Waals surface area (Å²) in [5.41, 5.74) is 1.43. The van der Waals surface area contributed by atoms with Gasteiger partial charge in [0.25, 0.3) is 0 Å². The van der Waals surface area contributed by atoms with E-state index in [0.717, 1.165) is 10.0 Å².